The lowest BCUT2D eigenvalue weighted by Gasteiger charge is -2.06. The molecular formula is C11H9F3N2. The SMILES string of the molecule is Fc1cc(NCc2cc[nH]c2)cc(F)c1F. The minimum absolute atomic E-state index is 0.206. The first-order valence-corrected chi connectivity index (χ1v) is 4.67. The van der Waals surface area contributed by atoms with E-state index in [2.05, 4.69) is 10.3 Å². The lowest BCUT2D eigenvalue weighted by atomic mass is 10.2. The smallest absolute Gasteiger partial charge is 0.194 e. The summed E-state index contributed by atoms with van der Waals surface area (Å²) >= 11 is 0. The van der Waals surface area contributed by atoms with Crippen molar-refractivity contribution >= 4 is 5.69 Å². The van der Waals surface area contributed by atoms with E-state index in [0.717, 1.165) is 17.7 Å². The zero-order valence-electron chi connectivity index (χ0n) is 8.23. The van der Waals surface area contributed by atoms with Crippen molar-refractivity contribution in [2.24, 2.45) is 0 Å². The average molecular weight is 226 g/mol. The highest BCUT2D eigenvalue weighted by Crippen LogP contribution is 2.17. The molecule has 1 heterocycles. The number of anilines is 1. The molecule has 2 nitrogen and oxygen atoms in total. The molecule has 0 saturated carbocycles. The zero-order valence-corrected chi connectivity index (χ0v) is 8.23. The number of hydrogen-bond donors (Lipinski definition) is 2. The quantitative estimate of drug-likeness (QED) is 0.773. The number of H-pyrrole nitrogens is 1. The Balaban J connectivity index is 2.10. The second kappa shape index (κ2) is 4.30. The van der Waals surface area contributed by atoms with Gasteiger partial charge in [0.25, 0.3) is 0 Å². The zero-order chi connectivity index (χ0) is 11.5. The summed E-state index contributed by atoms with van der Waals surface area (Å²) in [4.78, 5) is 2.85. The molecule has 0 saturated heterocycles. The highest BCUT2D eigenvalue weighted by molar-refractivity contribution is 5.44. The van der Waals surface area contributed by atoms with Crippen molar-refractivity contribution in [3.63, 3.8) is 0 Å². The second-order valence-electron chi connectivity index (χ2n) is 3.33. The first-order valence-electron chi connectivity index (χ1n) is 4.67. The van der Waals surface area contributed by atoms with Crippen LogP contribution in [0, 0.1) is 17.5 Å². The summed E-state index contributed by atoms with van der Waals surface area (Å²) in [6.07, 6.45) is 3.49. The molecule has 0 unspecified atom stereocenters. The molecule has 1 aromatic heterocycles. The van der Waals surface area contributed by atoms with Crippen molar-refractivity contribution in [1.29, 1.82) is 0 Å². The van der Waals surface area contributed by atoms with Crippen LogP contribution in [0.1, 0.15) is 5.56 Å². The van der Waals surface area contributed by atoms with Gasteiger partial charge in [-0.15, -0.1) is 0 Å². The average Bonchev–Trinajstić information content (AvgIpc) is 2.75. The molecule has 2 aromatic rings. The van der Waals surface area contributed by atoms with Gasteiger partial charge >= 0.3 is 0 Å². The molecule has 0 fully saturated rings. The van der Waals surface area contributed by atoms with Gasteiger partial charge in [0.2, 0.25) is 0 Å². The van der Waals surface area contributed by atoms with Crippen LogP contribution in [0.15, 0.2) is 30.6 Å². The Morgan fingerprint density at radius 2 is 1.81 bits per heavy atom. The van der Waals surface area contributed by atoms with Gasteiger partial charge in [0, 0.05) is 36.8 Å². The Hall–Kier alpha value is -1.91. The third-order valence-corrected chi connectivity index (χ3v) is 2.14. The number of nitrogens with one attached hydrogen (secondary N) is 2. The molecule has 0 atom stereocenters. The van der Waals surface area contributed by atoms with Crippen LogP contribution in [-0.2, 0) is 6.54 Å². The number of halogens is 3. The first kappa shape index (κ1) is 10.6. The maximum Gasteiger partial charge on any atom is 0.194 e. The van der Waals surface area contributed by atoms with Crippen molar-refractivity contribution in [3.8, 4) is 0 Å². The highest BCUT2D eigenvalue weighted by atomic mass is 19.2. The molecule has 84 valence electrons. The molecule has 0 aliphatic heterocycles. The van der Waals surface area contributed by atoms with Crippen LogP contribution in [0.2, 0.25) is 0 Å². The van der Waals surface area contributed by atoms with E-state index < -0.39 is 17.5 Å². The van der Waals surface area contributed by atoms with E-state index >= 15 is 0 Å². The maximum atomic E-state index is 12.8. The molecule has 0 radical (unpaired) electrons. The third kappa shape index (κ3) is 2.18. The molecule has 2 N–H and O–H groups in total. The topological polar surface area (TPSA) is 27.8 Å². The molecule has 0 aliphatic rings. The van der Waals surface area contributed by atoms with Crippen LogP contribution in [0.25, 0.3) is 0 Å². The van der Waals surface area contributed by atoms with Crippen molar-refractivity contribution in [1.82, 2.24) is 4.98 Å². The minimum Gasteiger partial charge on any atom is -0.381 e. The number of rotatable bonds is 3. The molecule has 5 heteroatoms. The minimum atomic E-state index is -1.45. The van der Waals surface area contributed by atoms with Gasteiger partial charge in [0.1, 0.15) is 0 Å². The van der Waals surface area contributed by atoms with Crippen LogP contribution in [0.5, 0.6) is 0 Å². The van der Waals surface area contributed by atoms with E-state index in [-0.39, 0.29) is 5.69 Å². The maximum absolute atomic E-state index is 12.8. The van der Waals surface area contributed by atoms with Gasteiger partial charge in [-0.05, 0) is 11.6 Å². The van der Waals surface area contributed by atoms with E-state index in [9.17, 15) is 13.2 Å². The summed E-state index contributed by atoms with van der Waals surface area (Å²) in [5, 5.41) is 2.79. The molecule has 2 rings (SSSR count). The van der Waals surface area contributed by atoms with Crippen LogP contribution in [0.3, 0.4) is 0 Å². The summed E-state index contributed by atoms with van der Waals surface area (Å²) < 4.78 is 38.3. The Kier molecular flexibility index (Phi) is 2.85. The van der Waals surface area contributed by atoms with Crippen molar-refractivity contribution < 1.29 is 13.2 Å². The van der Waals surface area contributed by atoms with E-state index in [0.29, 0.717) is 6.54 Å². The molecule has 0 spiro atoms. The normalized spacial score (nSPS) is 10.4. The molecule has 16 heavy (non-hydrogen) atoms. The van der Waals surface area contributed by atoms with Gasteiger partial charge in [-0.3, -0.25) is 0 Å². The predicted octanol–water partition coefficient (Wildman–Crippen LogP) is 3.04. The van der Waals surface area contributed by atoms with Gasteiger partial charge in [0.15, 0.2) is 17.5 Å². The number of hydrogen-bond acceptors (Lipinski definition) is 1. The lowest BCUT2D eigenvalue weighted by molar-refractivity contribution is 0.447. The summed E-state index contributed by atoms with van der Waals surface area (Å²) in [6.45, 7) is 0.411. The third-order valence-electron chi connectivity index (χ3n) is 2.14. The van der Waals surface area contributed by atoms with Crippen LogP contribution in [0.4, 0.5) is 18.9 Å². The summed E-state index contributed by atoms with van der Waals surface area (Å²) in [5.41, 5.74) is 1.14. The largest absolute Gasteiger partial charge is 0.381 e. The summed E-state index contributed by atoms with van der Waals surface area (Å²) in [6, 6.07) is 3.67. The lowest BCUT2D eigenvalue weighted by Crippen LogP contribution is -2.01. The Morgan fingerprint density at radius 3 is 2.38 bits per heavy atom. The number of aromatic nitrogens is 1. The van der Waals surface area contributed by atoms with Crippen molar-refractivity contribution in [3.05, 3.63) is 53.6 Å². The fourth-order valence-electron chi connectivity index (χ4n) is 1.33. The van der Waals surface area contributed by atoms with Crippen LogP contribution in [-0.4, -0.2) is 4.98 Å². The fraction of sp³-hybridized carbons (Fsp3) is 0.0909. The van der Waals surface area contributed by atoms with Crippen LogP contribution < -0.4 is 5.32 Å². The fourth-order valence-corrected chi connectivity index (χ4v) is 1.33. The van der Waals surface area contributed by atoms with Crippen molar-refractivity contribution in [2.45, 2.75) is 6.54 Å². The van der Waals surface area contributed by atoms with E-state index in [1.54, 1.807) is 12.4 Å². The Bertz CT molecular complexity index is 457. The molecule has 0 aliphatic carbocycles. The Morgan fingerprint density at radius 1 is 1.12 bits per heavy atom. The molecule has 1 aromatic carbocycles. The first-order chi connectivity index (χ1) is 7.66. The van der Waals surface area contributed by atoms with Gasteiger partial charge < -0.3 is 10.3 Å². The van der Waals surface area contributed by atoms with E-state index in [1.165, 1.54) is 0 Å². The number of benzene rings is 1. The second-order valence-corrected chi connectivity index (χ2v) is 3.33. The predicted molar refractivity (Wildman–Crippen MR) is 54.4 cm³/mol. The van der Waals surface area contributed by atoms with Gasteiger partial charge in [-0.1, -0.05) is 0 Å². The van der Waals surface area contributed by atoms with Crippen LogP contribution >= 0.6 is 0 Å². The van der Waals surface area contributed by atoms with E-state index in [4.69, 9.17) is 0 Å². The number of aromatic amines is 1. The molecule has 0 bridgehead atoms. The van der Waals surface area contributed by atoms with Gasteiger partial charge in [0.05, 0.1) is 0 Å². The monoisotopic (exact) mass is 226 g/mol. The Labute approximate surface area is 90.1 Å². The van der Waals surface area contributed by atoms with Gasteiger partial charge in [-0.25, -0.2) is 13.2 Å². The summed E-state index contributed by atoms with van der Waals surface area (Å²) in [5.74, 6) is -3.85. The van der Waals surface area contributed by atoms with Gasteiger partial charge in [-0.2, -0.15) is 0 Å². The molecular weight excluding hydrogens is 217 g/mol. The highest BCUT2D eigenvalue weighted by Gasteiger charge is 2.10. The molecule has 0 amide bonds. The summed E-state index contributed by atoms with van der Waals surface area (Å²) in [7, 11) is 0. The van der Waals surface area contributed by atoms with Crippen molar-refractivity contribution in [2.75, 3.05) is 5.32 Å². The standard InChI is InChI=1S/C11H9F3N2/c12-9-3-8(4-10(13)11(9)14)16-6-7-1-2-15-5-7/h1-5,15-16H,6H2. The van der Waals surface area contributed by atoms with E-state index in [1.807, 2.05) is 6.07 Å².